The Morgan fingerprint density at radius 1 is 1.13 bits per heavy atom. The standard InChI is InChI=1S/C22H24N2O4S3/c1-3-24(4-2)31(27,28)17-9-10-20(25)19(13-17)23-22(26)18-7-5-6-8-21(18)30-15-16-11-12-29-14-16/h5-14,25H,3-4,15H2,1-2H3,(H,23,26). The number of carbonyl (C=O) groups excluding carboxylic acids is 1. The van der Waals surface area contributed by atoms with E-state index in [0.717, 1.165) is 10.6 Å². The van der Waals surface area contributed by atoms with Crippen molar-refractivity contribution in [2.75, 3.05) is 18.4 Å². The van der Waals surface area contributed by atoms with Crippen molar-refractivity contribution < 1.29 is 18.3 Å². The Labute approximate surface area is 191 Å². The van der Waals surface area contributed by atoms with Crippen LogP contribution in [0.4, 0.5) is 5.69 Å². The molecule has 6 nitrogen and oxygen atoms in total. The van der Waals surface area contributed by atoms with Crippen molar-refractivity contribution in [3.8, 4) is 5.75 Å². The molecular weight excluding hydrogens is 452 g/mol. The van der Waals surface area contributed by atoms with Crippen molar-refractivity contribution in [1.82, 2.24) is 4.31 Å². The van der Waals surface area contributed by atoms with Crippen molar-refractivity contribution in [2.45, 2.75) is 29.4 Å². The van der Waals surface area contributed by atoms with Crippen LogP contribution in [0.2, 0.25) is 0 Å². The van der Waals surface area contributed by atoms with E-state index >= 15 is 0 Å². The number of thiophene rings is 1. The Morgan fingerprint density at radius 3 is 2.55 bits per heavy atom. The summed E-state index contributed by atoms with van der Waals surface area (Å²) in [6, 6.07) is 13.2. The highest BCUT2D eigenvalue weighted by molar-refractivity contribution is 7.98. The van der Waals surface area contributed by atoms with E-state index in [9.17, 15) is 18.3 Å². The fourth-order valence-corrected chi connectivity index (χ4v) is 6.25. The van der Waals surface area contributed by atoms with E-state index < -0.39 is 15.9 Å². The van der Waals surface area contributed by atoms with Crippen LogP contribution >= 0.6 is 23.1 Å². The van der Waals surface area contributed by atoms with Crippen molar-refractivity contribution >= 4 is 44.7 Å². The summed E-state index contributed by atoms with van der Waals surface area (Å²) in [7, 11) is -3.71. The minimum Gasteiger partial charge on any atom is -0.506 e. The summed E-state index contributed by atoms with van der Waals surface area (Å²) in [4.78, 5) is 13.8. The Hall–Kier alpha value is -2.33. The van der Waals surface area contributed by atoms with Gasteiger partial charge in [0.2, 0.25) is 10.0 Å². The van der Waals surface area contributed by atoms with Crippen LogP contribution in [0.25, 0.3) is 0 Å². The predicted molar refractivity (Wildman–Crippen MR) is 126 cm³/mol. The minimum atomic E-state index is -3.71. The molecule has 2 aromatic carbocycles. The van der Waals surface area contributed by atoms with Crippen LogP contribution < -0.4 is 5.32 Å². The number of nitrogens with zero attached hydrogens (tertiary/aromatic N) is 1. The summed E-state index contributed by atoms with van der Waals surface area (Å²) in [5.74, 6) is 0.118. The number of rotatable bonds is 9. The lowest BCUT2D eigenvalue weighted by Gasteiger charge is -2.19. The molecular formula is C22H24N2O4S3. The van der Waals surface area contributed by atoms with Gasteiger partial charge in [0.1, 0.15) is 5.75 Å². The molecule has 3 rings (SSSR count). The smallest absolute Gasteiger partial charge is 0.256 e. The molecule has 0 atom stereocenters. The molecule has 1 heterocycles. The molecule has 0 fully saturated rings. The van der Waals surface area contributed by atoms with Gasteiger partial charge >= 0.3 is 0 Å². The van der Waals surface area contributed by atoms with Crippen LogP contribution in [-0.4, -0.2) is 36.8 Å². The molecule has 0 bridgehead atoms. The van der Waals surface area contributed by atoms with Crippen LogP contribution in [0.15, 0.2) is 69.1 Å². The van der Waals surface area contributed by atoms with Gasteiger partial charge in [-0.05, 0) is 52.7 Å². The monoisotopic (exact) mass is 476 g/mol. The summed E-state index contributed by atoms with van der Waals surface area (Å²) in [5.41, 5.74) is 1.69. The van der Waals surface area contributed by atoms with E-state index in [1.54, 1.807) is 49.1 Å². The summed E-state index contributed by atoms with van der Waals surface area (Å²) in [6.45, 7) is 4.18. The van der Waals surface area contributed by atoms with Crippen molar-refractivity contribution in [3.05, 3.63) is 70.4 Å². The van der Waals surface area contributed by atoms with E-state index in [4.69, 9.17) is 0 Å². The highest BCUT2D eigenvalue weighted by atomic mass is 32.2. The lowest BCUT2D eigenvalue weighted by atomic mass is 10.2. The van der Waals surface area contributed by atoms with Gasteiger partial charge in [-0.15, -0.1) is 11.8 Å². The molecule has 164 valence electrons. The maximum atomic E-state index is 13.0. The molecule has 0 aliphatic carbocycles. The summed E-state index contributed by atoms with van der Waals surface area (Å²) in [6.07, 6.45) is 0. The van der Waals surface area contributed by atoms with Gasteiger partial charge in [-0.2, -0.15) is 15.6 Å². The van der Waals surface area contributed by atoms with Crippen molar-refractivity contribution in [3.63, 3.8) is 0 Å². The highest BCUT2D eigenvalue weighted by Crippen LogP contribution is 2.31. The zero-order chi connectivity index (χ0) is 22.4. The highest BCUT2D eigenvalue weighted by Gasteiger charge is 2.23. The number of phenols is 1. The molecule has 0 radical (unpaired) electrons. The van der Waals surface area contributed by atoms with Crippen LogP contribution in [0.3, 0.4) is 0 Å². The van der Waals surface area contributed by atoms with E-state index in [1.165, 1.54) is 28.1 Å². The number of anilines is 1. The first-order chi connectivity index (χ1) is 14.9. The lowest BCUT2D eigenvalue weighted by Crippen LogP contribution is -2.30. The first-order valence-corrected chi connectivity index (χ1v) is 13.1. The average molecular weight is 477 g/mol. The quantitative estimate of drug-likeness (QED) is 0.334. The Kier molecular flexibility index (Phi) is 7.77. The van der Waals surface area contributed by atoms with Gasteiger partial charge in [-0.3, -0.25) is 4.79 Å². The predicted octanol–water partition coefficient (Wildman–Crippen LogP) is 5.03. The fraction of sp³-hybridized carbons (Fsp3) is 0.227. The molecule has 2 N–H and O–H groups in total. The number of hydrogen-bond donors (Lipinski definition) is 2. The third-order valence-corrected chi connectivity index (χ3v) is 8.59. The number of amides is 1. The molecule has 9 heteroatoms. The number of benzene rings is 2. The van der Waals surface area contributed by atoms with Gasteiger partial charge in [0, 0.05) is 23.7 Å². The zero-order valence-electron chi connectivity index (χ0n) is 17.2. The van der Waals surface area contributed by atoms with E-state index in [2.05, 4.69) is 10.7 Å². The molecule has 0 saturated carbocycles. The molecule has 3 aromatic rings. The van der Waals surface area contributed by atoms with Gasteiger partial charge in [0.05, 0.1) is 16.1 Å². The number of sulfonamides is 1. The van der Waals surface area contributed by atoms with Gasteiger partial charge in [-0.1, -0.05) is 26.0 Å². The molecule has 1 amide bonds. The van der Waals surface area contributed by atoms with Crippen molar-refractivity contribution in [1.29, 1.82) is 0 Å². The molecule has 0 spiro atoms. The number of hydrogen-bond acceptors (Lipinski definition) is 6. The normalized spacial score (nSPS) is 11.6. The average Bonchev–Trinajstić information content (AvgIpc) is 3.28. The van der Waals surface area contributed by atoms with Gasteiger partial charge in [-0.25, -0.2) is 8.42 Å². The topological polar surface area (TPSA) is 86.7 Å². The molecule has 0 unspecified atom stereocenters. The van der Waals surface area contributed by atoms with Crippen LogP contribution in [-0.2, 0) is 15.8 Å². The Balaban J connectivity index is 1.84. The Bertz CT molecular complexity index is 1140. The van der Waals surface area contributed by atoms with Gasteiger partial charge in [0.25, 0.3) is 5.91 Å². The maximum absolute atomic E-state index is 13.0. The van der Waals surface area contributed by atoms with Gasteiger partial charge in [0.15, 0.2) is 0 Å². The van der Waals surface area contributed by atoms with Crippen LogP contribution in [0, 0.1) is 0 Å². The number of thioether (sulfide) groups is 1. The second kappa shape index (κ2) is 10.3. The summed E-state index contributed by atoms with van der Waals surface area (Å²) < 4.78 is 26.9. The van der Waals surface area contributed by atoms with Gasteiger partial charge < -0.3 is 10.4 Å². The number of aromatic hydroxyl groups is 1. The zero-order valence-corrected chi connectivity index (χ0v) is 19.7. The number of carbonyl (C=O) groups is 1. The van der Waals surface area contributed by atoms with E-state index in [0.29, 0.717) is 18.7 Å². The van der Waals surface area contributed by atoms with Crippen LogP contribution in [0.5, 0.6) is 5.75 Å². The summed E-state index contributed by atoms with van der Waals surface area (Å²) in [5, 5.41) is 17.0. The second-order valence-electron chi connectivity index (χ2n) is 6.64. The maximum Gasteiger partial charge on any atom is 0.256 e. The fourth-order valence-electron chi connectivity index (χ4n) is 2.99. The number of phenolic OH excluding ortho intramolecular Hbond substituents is 1. The number of nitrogens with one attached hydrogen (secondary N) is 1. The van der Waals surface area contributed by atoms with E-state index in [1.807, 2.05) is 23.6 Å². The largest absolute Gasteiger partial charge is 0.506 e. The SMILES string of the molecule is CCN(CC)S(=O)(=O)c1ccc(O)c(NC(=O)c2ccccc2SCc2ccsc2)c1. The second-order valence-corrected chi connectivity index (χ2v) is 10.4. The third kappa shape index (κ3) is 5.48. The van der Waals surface area contributed by atoms with Crippen LogP contribution in [0.1, 0.15) is 29.8 Å². The minimum absolute atomic E-state index is 0.0180. The first kappa shape index (κ1) is 23.3. The first-order valence-electron chi connectivity index (χ1n) is 9.74. The Morgan fingerprint density at radius 2 is 1.87 bits per heavy atom. The lowest BCUT2D eigenvalue weighted by molar-refractivity contribution is 0.102. The van der Waals surface area contributed by atoms with Crippen molar-refractivity contribution in [2.24, 2.45) is 0 Å². The molecule has 0 aliphatic heterocycles. The molecule has 0 saturated heterocycles. The summed E-state index contributed by atoms with van der Waals surface area (Å²) >= 11 is 3.17. The molecule has 1 aromatic heterocycles. The molecule has 0 aliphatic rings. The third-order valence-electron chi connectivity index (χ3n) is 4.67. The molecule has 31 heavy (non-hydrogen) atoms. The van der Waals surface area contributed by atoms with E-state index in [-0.39, 0.29) is 16.3 Å².